The number of anilines is 3. The second-order valence-corrected chi connectivity index (χ2v) is 20.9. The molecular formula is C58H94N10O10. The van der Waals surface area contributed by atoms with Crippen LogP contribution in [-0.2, 0) is 40.0 Å². The predicted octanol–water partition coefficient (Wildman–Crippen LogP) is 9.20. The first-order valence-corrected chi connectivity index (χ1v) is 29.1. The molecule has 436 valence electrons. The number of amides is 3. The number of nitrogens with one attached hydrogen (secondary N) is 3. The van der Waals surface area contributed by atoms with Crippen molar-refractivity contribution in [3.05, 3.63) is 41.7 Å². The van der Waals surface area contributed by atoms with Crippen molar-refractivity contribution >= 4 is 64.2 Å². The van der Waals surface area contributed by atoms with Crippen LogP contribution in [0, 0.1) is 0 Å². The van der Waals surface area contributed by atoms with Crippen LogP contribution in [-0.4, -0.2) is 111 Å². The molecule has 0 spiro atoms. The fourth-order valence-electron chi connectivity index (χ4n) is 9.04. The molecule has 3 amide bonds. The lowest BCUT2D eigenvalue weighted by Gasteiger charge is -2.32. The zero-order valence-corrected chi connectivity index (χ0v) is 47.3. The Labute approximate surface area is 463 Å². The van der Waals surface area contributed by atoms with Gasteiger partial charge in [-0.25, -0.2) is 14.8 Å². The molecule has 20 heteroatoms. The van der Waals surface area contributed by atoms with Gasteiger partial charge in [-0.1, -0.05) is 168 Å². The molecule has 2 aromatic heterocycles. The Morgan fingerprint density at radius 1 is 0.641 bits per heavy atom. The summed E-state index contributed by atoms with van der Waals surface area (Å²) < 4.78 is 11.1. The van der Waals surface area contributed by atoms with Crippen molar-refractivity contribution in [3.8, 4) is 0 Å². The third-order valence-electron chi connectivity index (χ3n) is 13.9. The number of carboxylic acid groups (broad SMARTS) is 1. The number of hydrogen-bond donors (Lipinski definition) is 7. The lowest BCUT2D eigenvalue weighted by Crippen LogP contribution is -2.60. The van der Waals surface area contributed by atoms with Crippen molar-refractivity contribution in [1.82, 2.24) is 35.9 Å². The molecule has 0 radical (unpaired) electrons. The van der Waals surface area contributed by atoms with Gasteiger partial charge in [-0.05, 0) is 43.5 Å². The summed E-state index contributed by atoms with van der Waals surface area (Å²) in [4.78, 5) is 96.0. The van der Waals surface area contributed by atoms with Crippen LogP contribution in [0.25, 0.3) is 11.2 Å². The highest BCUT2D eigenvalue weighted by Gasteiger charge is 2.35. The van der Waals surface area contributed by atoms with E-state index < -0.39 is 73.6 Å². The van der Waals surface area contributed by atoms with Crippen molar-refractivity contribution in [2.75, 3.05) is 49.8 Å². The number of unbranched alkanes of at least 4 members (excludes halogenated alkanes) is 24. The van der Waals surface area contributed by atoms with Crippen molar-refractivity contribution in [1.29, 1.82) is 0 Å². The van der Waals surface area contributed by atoms with Crippen LogP contribution in [0.15, 0.2) is 30.5 Å². The fourth-order valence-corrected chi connectivity index (χ4v) is 9.04. The molecule has 9 N–H and O–H groups in total. The number of carboxylic acids is 1. The van der Waals surface area contributed by atoms with Gasteiger partial charge in [0.15, 0.2) is 17.0 Å². The molecular weight excluding hydrogens is 997 g/mol. The van der Waals surface area contributed by atoms with Gasteiger partial charge in [0.1, 0.15) is 24.8 Å². The second-order valence-electron chi connectivity index (χ2n) is 20.9. The summed E-state index contributed by atoms with van der Waals surface area (Å²) in [5.74, 6) is -4.44. The Morgan fingerprint density at radius 3 is 1.58 bits per heavy atom. The average molecular weight is 1090 g/mol. The van der Waals surface area contributed by atoms with Crippen molar-refractivity contribution in [3.63, 3.8) is 0 Å². The number of hydrogen-bond acceptors (Lipinski definition) is 16. The summed E-state index contributed by atoms with van der Waals surface area (Å²) in [5.41, 5.74) is 12.0. The lowest BCUT2D eigenvalue weighted by molar-refractivity contribution is -0.154. The summed E-state index contributed by atoms with van der Waals surface area (Å²) in [5, 5.41) is 28.0. The minimum atomic E-state index is -1.70. The number of nitrogen functional groups attached to an aromatic ring is 2. The number of nitrogens with two attached hydrogens (primary N) is 2. The Hall–Kier alpha value is -6.18. The number of rotatable bonds is 45. The van der Waals surface area contributed by atoms with Gasteiger partial charge in [0.2, 0.25) is 17.8 Å². The number of aliphatic carboxylic acids is 1. The SMILES string of the molecule is CCCCCCCCCCCCCCCC(=O)OCC(CO)(COC(=O)CCCCCCCCCCCCCCC)NC(=O)CNC(=O)CCC(NC(=O)c1ccc(N(C)Cc2cnc3nc(N)nc(N)c3n2)cc1)C(=O)O. The molecule has 0 aliphatic heterocycles. The van der Waals surface area contributed by atoms with Crippen molar-refractivity contribution in [2.45, 2.75) is 225 Å². The van der Waals surface area contributed by atoms with E-state index in [9.17, 15) is 39.0 Å². The first-order chi connectivity index (χ1) is 37.7. The predicted molar refractivity (Wildman–Crippen MR) is 304 cm³/mol. The van der Waals surface area contributed by atoms with E-state index in [1.54, 1.807) is 25.4 Å². The highest BCUT2D eigenvalue weighted by atomic mass is 16.6. The van der Waals surface area contributed by atoms with Gasteiger partial charge in [-0.3, -0.25) is 24.0 Å². The van der Waals surface area contributed by atoms with Crippen LogP contribution >= 0.6 is 0 Å². The highest BCUT2D eigenvalue weighted by Crippen LogP contribution is 2.21. The monoisotopic (exact) mass is 1090 g/mol. The summed E-state index contributed by atoms with van der Waals surface area (Å²) in [6, 6.07) is 4.97. The largest absolute Gasteiger partial charge is 0.480 e. The van der Waals surface area contributed by atoms with Crippen molar-refractivity contribution < 1.29 is 48.5 Å². The molecule has 2 heterocycles. The number of ether oxygens (including phenoxy) is 2. The number of carbonyl (C=O) groups is 6. The normalized spacial score (nSPS) is 11.7. The number of aliphatic hydroxyl groups is 1. The maximum absolute atomic E-state index is 13.3. The topological polar surface area (TPSA) is 304 Å². The number of aliphatic hydroxyl groups excluding tert-OH is 1. The first-order valence-electron chi connectivity index (χ1n) is 29.1. The van der Waals surface area contributed by atoms with Crippen LogP contribution in [0.4, 0.5) is 17.5 Å². The lowest BCUT2D eigenvalue weighted by atomic mass is 10.0. The van der Waals surface area contributed by atoms with E-state index in [1.165, 1.54) is 128 Å². The van der Waals surface area contributed by atoms with Gasteiger partial charge < -0.3 is 52.0 Å². The van der Waals surface area contributed by atoms with Crippen LogP contribution in [0.5, 0.6) is 0 Å². The van der Waals surface area contributed by atoms with Gasteiger partial charge in [-0.2, -0.15) is 9.97 Å². The number of carbonyl (C=O) groups excluding carboxylic acids is 5. The van der Waals surface area contributed by atoms with Crippen LogP contribution in [0.1, 0.15) is 223 Å². The number of benzene rings is 1. The minimum Gasteiger partial charge on any atom is -0.480 e. The molecule has 3 aromatic rings. The van der Waals surface area contributed by atoms with E-state index in [4.69, 9.17) is 20.9 Å². The third-order valence-corrected chi connectivity index (χ3v) is 13.9. The zero-order chi connectivity index (χ0) is 56.8. The Bertz CT molecular complexity index is 2190. The highest BCUT2D eigenvalue weighted by molar-refractivity contribution is 5.97. The number of nitrogens with zero attached hydrogens (tertiary/aromatic N) is 5. The maximum atomic E-state index is 13.3. The van der Waals surface area contributed by atoms with Gasteiger partial charge >= 0.3 is 17.9 Å². The van der Waals surface area contributed by atoms with E-state index in [2.05, 4.69) is 49.7 Å². The number of aromatic nitrogens is 4. The molecule has 0 saturated heterocycles. The van der Waals surface area contributed by atoms with E-state index in [0.29, 0.717) is 36.3 Å². The Balaban J connectivity index is 1.47. The molecule has 1 aromatic carbocycles. The smallest absolute Gasteiger partial charge is 0.326 e. The van der Waals surface area contributed by atoms with E-state index >= 15 is 0 Å². The molecule has 0 aliphatic carbocycles. The number of esters is 2. The molecule has 0 saturated carbocycles. The van der Waals surface area contributed by atoms with Crippen LogP contribution < -0.4 is 32.3 Å². The Morgan fingerprint density at radius 2 is 1.12 bits per heavy atom. The molecule has 1 unspecified atom stereocenters. The zero-order valence-electron chi connectivity index (χ0n) is 47.3. The standard InChI is InChI=1S/C58H94N10O10/c1-4-6-8-10-12-14-16-18-20-22-24-26-28-30-50(72)77-42-58(41-69,43-78-51(73)31-29-27-25-23-21-19-17-15-13-11-9-7-5-2)67-49(71)39-61-48(70)37-36-47(56(75)76)64-55(74)44-32-34-46(35-33-44)68(3)40-45-38-62-54-52(63-45)53(59)65-57(60)66-54/h32-35,38,47,69H,4-31,36-37,39-43H2,1-3H3,(H,61,70)(H,64,74)(H,67,71)(H,75,76)(H4,59,60,62,65,66). The molecule has 78 heavy (non-hydrogen) atoms. The Kier molecular flexibility index (Phi) is 33.2. The summed E-state index contributed by atoms with van der Waals surface area (Å²) in [6.07, 6.45) is 31.3. The summed E-state index contributed by atoms with van der Waals surface area (Å²) >= 11 is 0. The van der Waals surface area contributed by atoms with Gasteiger partial charge in [-0.15, -0.1) is 0 Å². The van der Waals surface area contributed by atoms with Crippen LogP contribution in [0.3, 0.4) is 0 Å². The molecule has 1 atom stereocenters. The van der Waals surface area contributed by atoms with Crippen molar-refractivity contribution in [2.24, 2.45) is 0 Å². The fraction of sp³-hybridized carbons (Fsp3) is 0.690. The van der Waals surface area contributed by atoms with Crippen LogP contribution in [0.2, 0.25) is 0 Å². The molecule has 20 nitrogen and oxygen atoms in total. The minimum absolute atomic E-state index is 0.0107. The molecule has 0 bridgehead atoms. The summed E-state index contributed by atoms with van der Waals surface area (Å²) in [6.45, 7) is 2.49. The average Bonchev–Trinajstić information content (AvgIpc) is 3.44. The summed E-state index contributed by atoms with van der Waals surface area (Å²) in [7, 11) is 1.81. The van der Waals surface area contributed by atoms with E-state index in [1.807, 2.05) is 4.90 Å². The number of fused-ring (bicyclic) bond motifs is 1. The molecule has 0 aliphatic rings. The van der Waals surface area contributed by atoms with Gasteiger partial charge in [0.05, 0.1) is 31.6 Å². The van der Waals surface area contributed by atoms with Gasteiger partial charge in [0, 0.05) is 37.6 Å². The maximum Gasteiger partial charge on any atom is 0.326 e. The second kappa shape index (κ2) is 39.2. The van der Waals surface area contributed by atoms with E-state index in [-0.39, 0.29) is 48.7 Å². The first kappa shape index (κ1) is 66.1. The third kappa shape index (κ3) is 27.9. The van der Waals surface area contributed by atoms with Gasteiger partial charge in [0.25, 0.3) is 5.91 Å². The quantitative estimate of drug-likeness (QED) is 0.0205. The molecule has 3 rings (SSSR count). The molecule has 0 fully saturated rings. The van der Waals surface area contributed by atoms with E-state index in [0.717, 1.165) is 38.5 Å².